The minimum absolute atomic E-state index is 0.189. The van der Waals surface area contributed by atoms with Crippen LogP contribution >= 0.6 is 22.9 Å². The molecule has 182 valence electrons. The van der Waals surface area contributed by atoms with Gasteiger partial charge in [-0.2, -0.15) is 0 Å². The van der Waals surface area contributed by atoms with Gasteiger partial charge in [-0.25, -0.2) is 9.18 Å². The molecule has 0 aliphatic carbocycles. The van der Waals surface area contributed by atoms with Crippen molar-refractivity contribution in [1.29, 1.82) is 0 Å². The van der Waals surface area contributed by atoms with Crippen LogP contribution in [0.15, 0.2) is 76.7 Å². The van der Waals surface area contributed by atoms with E-state index in [4.69, 9.17) is 20.8 Å². The molecule has 3 heterocycles. The summed E-state index contributed by atoms with van der Waals surface area (Å²) in [5, 5.41) is 5.60. The number of rotatable bonds is 7. The summed E-state index contributed by atoms with van der Waals surface area (Å²) < 4.78 is 26.3. The van der Waals surface area contributed by atoms with Gasteiger partial charge in [-0.15, -0.1) is 11.3 Å². The van der Waals surface area contributed by atoms with Crippen LogP contribution < -0.4 is 5.32 Å². The minimum Gasteiger partial charge on any atom is -0.463 e. The van der Waals surface area contributed by atoms with Gasteiger partial charge in [0.15, 0.2) is 5.58 Å². The average molecular weight is 523 g/mol. The molecule has 0 aliphatic heterocycles. The zero-order valence-corrected chi connectivity index (χ0v) is 20.7. The van der Waals surface area contributed by atoms with Gasteiger partial charge < -0.3 is 19.0 Å². The smallest absolute Gasteiger partial charge is 0.341 e. The van der Waals surface area contributed by atoms with Crippen LogP contribution in [0.3, 0.4) is 0 Å². The maximum absolute atomic E-state index is 13.8. The second-order valence-electron chi connectivity index (χ2n) is 7.95. The number of thiophene rings is 1. The fourth-order valence-corrected chi connectivity index (χ4v) is 5.10. The van der Waals surface area contributed by atoms with E-state index in [0.717, 1.165) is 5.56 Å². The molecule has 0 unspecified atom stereocenters. The topological polar surface area (TPSA) is 73.5 Å². The lowest BCUT2D eigenvalue weighted by molar-refractivity contribution is 0.0529. The number of hydrogen-bond donors (Lipinski definition) is 1. The molecule has 0 radical (unpaired) electrons. The van der Waals surface area contributed by atoms with Gasteiger partial charge in [-0.3, -0.25) is 4.79 Å². The van der Waals surface area contributed by atoms with E-state index in [0.29, 0.717) is 37.9 Å². The third kappa shape index (κ3) is 4.65. The molecule has 0 fully saturated rings. The number of carbonyl (C=O) groups excluding carboxylic acids is 2. The van der Waals surface area contributed by atoms with Gasteiger partial charge in [0.2, 0.25) is 0 Å². The summed E-state index contributed by atoms with van der Waals surface area (Å²) in [4.78, 5) is 26.4. The van der Waals surface area contributed by atoms with Crippen LogP contribution in [0.25, 0.3) is 22.2 Å². The van der Waals surface area contributed by atoms with E-state index in [2.05, 4.69) is 5.32 Å². The molecule has 1 amide bonds. The number of esters is 1. The van der Waals surface area contributed by atoms with Gasteiger partial charge >= 0.3 is 5.97 Å². The van der Waals surface area contributed by atoms with Gasteiger partial charge in [-0.1, -0.05) is 35.9 Å². The van der Waals surface area contributed by atoms with Crippen molar-refractivity contribution in [3.05, 3.63) is 100.0 Å². The lowest BCUT2D eigenvalue weighted by Crippen LogP contribution is -2.19. The molecule has 1 N–H and O–H groups in total. The van der Waals surface area contributed by atoms with Gasteiger partial charge in [-0.05, 0) is 42.3 Å². The zero-order chi connectivity index (χ0) is 25.2. The van der Waals surface area contributed by atoms with E-state index in [9.17, 15) is 14.0 Å². The van der Waals surface area contributed by atoms with E-state index >= 15 is 0 Å². The number of halogens is 2. The number of carbonyl (C=O) groups is 2. The summed E-state index contributed by atoms with van der Waals surface area (Å²) >= 11 is 7.25. The van der Waals surface area contributed by atoms with Crippen LogP contribution in [0, 0.1) is 5.82 Å². The fraction of sp³-hybridized carbons (Fsp3) is 0.111. The van der Waals surface area contributed by atoms with Crippen molar-refractivity contribution in [2.45, 2.75) is 13.5 Å². The summed E-state index contributed by atoms with van der Waals surface area (Å²) in [6.07, 6.45) is 1.53. The molecule has 0 saturated heterocycles. The molecular formula is C27H20ClFN2O4S. The van der Waals surface area contributed by atoms with Crippen LogP contribution in [-0.4, -0.2) is 23.1 Å². The largest absolute Gasteiger partial charge is 0.463 e. The number of hydrogen-bond acceptors (Lipinski definition) is 5. The van der Waals surface area contributed by atoms with Crippen LogP contribution in [0.5, 0.6) is 0 Å². The van der Waals surface area contributed by atoms with Crippen LogP contribution in [0.1, 0.15) is 33.3 Å². The second-order valence-corrected chi connectivity index (χ2v) is 9.27. The molecular weight excluding hydrogens is 503 g/mol. The summed E-state index contributed by atoms with van der Waals surface area (Å²) in [5.74, 6) is -1.34. The number of nitrogens with zero attached hydrogens (tertiary/aromatic N) is 1. The van der Waals surface area contributed by atoms with E-state index in [1.807, 2.05) is 0 Å². The number of furan rings is 1. The van der Waals surface area contributed by atoms with Crippen LogP contribution in [0.2, 0.25) is 5.02 Å². The number of anilines is 1. The van der Waals surface area contributed by atoms with Gasteiger partial charge in [0.25, 0.3) is 5.91 Å². The van der Waals surface area contributed by atoms with Crippen molar-refractivity contribution in [3.63, 3.8) is 0 Å². The molecule has 0 atom stereocenters. The Morgan fingerprint density at radius 3 is 2.69 bits per heavy atom. The summed E-state index contributed by atoms with van der Waals surface area (Å²) in [6, 6.07) is 16.6. The Morgan fingerprint density at radius 1 is 1.14 bits per heavy atom. The Morgan fingerprint density at radius 2 is 1.94 bits per heavy atom. The number of amides is 1. The average Bonchev–Trinajstić information content (AvgIpc) is 3.56. The lowest BCUT2D eigenvalue weighted by Gasteiger charge is -2.12. The van der Waals surface area contributed by atoms with Crippen molar-refractivity contribution in [3.8, 4) is 11.1 Å². The first-order valence-electron chi connectivity index (χ1n) is 11.1. The second kappa shape index (κ2) is 10.0. The van der Waals surface area contributed by atoms with Crippen molar-refractivity contribution in [2.24, 2.45) is 0 Å². The molecule has 6 nitrogen and oxygen atoms in total. The molecule has 0 bridgehead atoms. The van der Waals surface area contributed by atoms with Gasteiger partial charge in [0, 0.05) is 34.6 Å². The Bertz CT molecular complexity index is 1570. The first-order chi connectivity index (χ1) is 17.4. The van der Waals surface area contributed by atoms with Crippen molar-refractivity contribution < 1.29 is 23.1 Å². The third-order valence-electron chi connectivity index (χ3n) is 5.64. The number of aromatic nitrogens is 1. The fourth-order valence-electron chi connectivity index (χ4n) is 4.02. The van der Waals surface area contributed by atoms with E-state index in [1.165, 1.54) is 29.7 Å². The van der Waals surface area contributed by atoms with E-state index < -0.39 is 11.9 Å². The monoisotopic (exact) mass is 522 g/mol. The van der Waals surface area contributed by atoms with Crippen molar-refractivity contribution >= 4 is 50.9 Å². The highest BCUT2D eigenvalue weighted by Crippen LogP contribution is 2.37. The molecule has 36 heavy (non-hydrogen) atoms. The van der Waals surface area contributed by atoms with Gasteiger partial charge in [0.05, 0.1) is 18.4 Å². The number of ether oxygens (including phenoxy) is 1. The molecule has 2 aromatic carbocycles. The Balaban J connectivity index is 1.52. The summed E-state index contributed by atoms with van der Waals surface area (Å²) in [5.41, 5.74) is 3.89. The van der Waals surface area contributed by atoms with E-state index in [1.54, 1.807) is 65.4 Å². The molecule has 5 aromatic rings. The molecule has 9 heteroatoms. The number of benzene rings is 2. The summed E-state index contributed by atoms with van der Waals surface area (Å²) in [7, 11) is 0. The molecule has 5 rings (SSSR count). The van der Waals surface area contributed by atoms with E-state index in [-0.39, 0.29) is 24.5 Å². The molecule has 0 aliphatic rings. The Kier molecular flexibility index (Phi) is 6.63. The minimum atomic E-state index is -0.539. The highest BCUT2D eigenvalue weighted by Gasteiger charge is 2.25. The highest BCUT2D eigenvalue weighted by atomic mass is 35.5. The Labute approximate surface area is 214 Å². The normalized spacial score (nSPS) is 11.1. The standard InChI is InChI=1S/C27H20ClFN2O4S/c1-2-34-27(33)24-20(17-6-8-18(28)9-7-17)15-36-26(24)30-25(32)22-13-23-21(10-11-35-23)31(22)14-16-4-3-5-19(29)12-16/h3-13,15H,2,14H2,1H3,(H,30,32). The SMILES string of the molecule is CCOC(=O)c1c(-c2ccc(Cl)cc2)csc1NC(=O)c1cc2occc2n1Cc1cccc(F)c1. The molecule has 0 saturated carbocycles. The zero-order valence-electron chi connectivity index (χ0n) is 19.1. The number of fused-ring (bicyclic) bond motifs is 1. The van der Waals surface area contributed by atoms with Crippen LogP contribution in [0.4, 0.5) is 9.39 Å². The Hall–Kier alpha value is -3.88. The third-order valence-corrected chi connectivity index (χ3v) is 6.79. The van der Waals surface area contributed by atoms with Crippen LogP contribution in [-0.2, 0) is 11.3 Å². The van der Waals surface area contributed by atoms with Crippen molar-refractivity contribution in [1.82, 2.24) is 4.57 Å². The first-order valence-corrected chi connectivity index (χ1v) is 12.4. The number of nitrogens with one attached hydrogen (secondary N) is 1. The maximum atomic E-state index is 13.8. The molecule has 3 aromatic heterocycles. The maximum Gasteiger partial charge on any atom is 0.341 e. The van der Waals surface area contributed by atoms with Gasteiger partial charge in [0.1, 0.15) is 22.1 Å². The predicted molar refractivity (Wildman–Crippen MR) is 138 cm³/mol. The predicted octanol–water partition coefficient (Wildman–Crippen LogP) is 7.23. The lowest BCUT2D eigenvalue weighted by atomic mass is 10.0. The highest BCUT2D eigenvalue weighted by molar-refractivity contribution is 7.15. The first kappa shape index (κ1) is 23.8. The van der Waals surface area contributed by atoms with Crippen molar-refractivity contribution in [2.75, 3.05) is 11.9 Å². The quantitative estimate of drug-likeness (QED) is 0.229. The summed E-state index contributed by atoms with van der Waals surface area (Å²) in [6.45, 7) is 2.17. The molecule has 0 spiro atoms.